The fraction of sp³-hybridized carbons (Fsp3) is 0.483. The van der Waals surface area contributed by atoms with E-state index in [4.69, 9.17) is 0 Å². The van der Waals surface area contributed by atoms with E-state index in [2.05, 4.69) is 28.1 Å². The summed E-state index contributed by atoms with van der Waals surface area (Å²) in [6.07, 6.45) is 2.16. The van der Waals surface area contributed by atoms with Crippen molar-refractivity contribution in [2.45, 2.75) is 59.8 Å². The molecule has 0 aliphatic heterocycles. The van der Waals surface area contributed by atoms with Crippen LogP contribution in [0.3, 0.4) is 0 Å². The molecular formula is C29H31N9O. The summed E-state index contributed by atoms with van der Waals surface area (Å²) in [5.41, 5.74) is 2.12. The molecule has 0 unspecified atom stereocenters. The lowest BCUT2D eigenvalue weighted by molar-refractivity contribution is -0.120. The van der Waals surface area contributed by atoms with E-state index in [1.54, 1.807) is 0 Å². The predicted molar refractivity (Wildman–Crippen MR) is 141 cm³/mol. The summed E-state index contributed by atoms with van der Waals surface area (Å²) in [6.45, 7) is 8.92. The molecule has 0 atom stereocenters. The van der Waals surface area contributed by atoms with Crippen molar-refractivity contribution in [1.29, 1.82) is 31.6 Å². The molecule has 198 valence electrons. The number of nitriles is 6. The fourth-order valence-electron chi connectivity index (χ4n) is 4.91. The highest BCUT2D eigenvalue weighted by molar-refractivity contribution is 5.76. The van der Waals surface area contributed by atoms with Gasteiger partial charge in [0.05, 0.1) is 11.1 Å². The highest BCUT2D eigenvalue weighted by Gasteiger charge is 2.34. The Morgan fingerprint density at radius 1 is 0.667 bits per heavy atom. The SMILES string of the molecule is CC1(C)CC(NCCNC(=O)CCNC2=C(C#N)C(=C(C#N)C#N)CC(C)(C)C2)=C(C#N)C(=C(C#N)C#N)C1. The lowest BCUT2D eigenvalue weighted by atomic mass is 9.73. The van der Waals surface area contributed by atoms with Crippen LogP contribution in [0.15, 0.2) is 44.8 Å². The first-order chi connectivity index (χ1) is 18.4. The number of carbonyl (C=O) groups excluding carboxylic acids is 1. The van der Waals surface area contributed by atoms with E-state index in [1.807, 2.05) is 52.0 Å². The topological polar surface area (TPSA) is 196 Å². The van der Waals surface area contributed by atoms with E-state index >= 15 is 0 Å². The number of hydrogen-bond donors (Lipinski definition) is 3. The van der Waals surface area contributed by atoms with Crippen molar-refractivity contribution in [1.82, 2.24) is 16.0 Å². The van der Waals surface area contributed by atoms with Gasteiger partial charge < -0.3 is 16.0 Å². The van der Waals surface area contributed by atoms with E-state index in [-0.39, 0.29) is 40.8 Å². The van der Waals surface area contributed by atoms with Gasteiger partial charge in [0, 0.05) is 48.6 Å². The molecule has 2 aliphatic carbocycles. The molecule has 39 heavy (non-hydrogen) atoms. The molecule has 0 heterocycles. The van der Waals surface area contributed by atoms with Gasteiger partial charge >= 0.3 is 0 Å². The van der Waals surface area contributed by atoms with Crippen LogP contribution < -0.4 is 16.0 Å². The summed E-state index contributed by atoms with van der Waals surface area (Å²) in [5, 5.41) is 65.8. The summed E-state index contributed by atoms with van der Waals surface area (Å²) in [7, 11) is 0. The third-order valence-corrected chi connectivity index (χ3v) is 6.58. The lowest BCUT2D eigenvalue weighted by Crippen LogP contribution is -2.36. The Labute approximate surface area is 229 Å². The molecule has 0 aromatic rings. The Morgan fingerprint density at radius 2 is 1.08 bits per heavy atom. The van der Waals surface area contributed by atoms with Crippen LogP contribution >= 0.6 is 0 Å². The second-order valence-corrected chi connectivity index (χ2v) is 11.1. The standard InChI is InChI=1S/C29H31N9O/c1-28(2)9-21(19(13-30)14-31)23(17-34)25(11-28)36-6-5-27(39)38-8-7-37-26-12-29(3,4)10-22(24(26)18-35)20(15-32)16-33/h36-37H,5-12H2,1-4H3,(H,38,39). The molecule has 2 aliphatic rings. The molecule has 0 saturated heterocycles. The van der Waals surface area contributed by atoms with Crippen LogP contribution in [0.5, 0.6) is 0 Å². The molecule has 2 rings (SSSR count). The number of amides is 1. The molecule has 0 saturated carbocycles. The molecule has 1 amide bonds. The van der Waals surface area contributed by atoms with Gasteiger partial charge in [0.1, 0.15) is 47.6 Å². The van der Waals surface area contributed by atoms with E-state index in [9.17, 15) is 36.4 Å². The lowest BCUT2D eigenvalue weighted by Gasteiger charge is -2.33. The normalized spacial score (nSPS) is 17.3. The smallest absolute Gasteiger partial charge is 0.221 e. The molecule has 10 nitrogen and oxygen atoms in total. The zero-order chi connectivity index (χ0) is 29.2. The van der Waals surface area contributed by atoms with Gasteiger partial charge in [0.25, 0.3) is 0 Å². The van der Waals surface area contributed by atoms with Gasteiger partial charge in [-0.3, -0.25) is 4.79 Å². The monoisotopic (exact) mass is 521 g/mol. The van der Waals surface area contributed by atoms with E-state index in [1.165, 1.54) is 0 Å². The molecule has 0 aromatic carbocycles. The first-order valence-electron chi connectivity index (χ1n) is 12.5. The number of nitrogens with one attached hydrogen (secondary N) is 3. The minimum Gasteiger partial charge on any atom is -0.387 e. The van der Waals surface area contributed by atoms with E-state index in [0.717, 1.165) is 0 Å². The van der Waals surface area contributed by atoms with Gasteiger partial charge in [0.15, 0.2) is 0 Å². The molecular weight excluding hydrogens is 490 g/mol. The van der Waals surface area contributed by atoms with Gasteiger partial charge in [-0.1, -0.05) is 27.7 Å². The quantitative estimate of drug-likeness (QED) is 0.316. The van der Waals surface area contributed by atoms with Gasteiger partial charge in [-0.25, -0.2) is 0 Å². The molecule has 0 fully saturated rings. The first-order valence-corrected chi connectivity index (χ1v) is 12.5. The minimum absolute atomic E-state index is 0.0606. The van der Waals surface area contributed by atoms with Crippen LogP contribution in [0.25, 0.3) is 0 Å². The van der Waals surface area contributed by atoms with Crippen LogP contribution in [0, 0.1) is 78.8 Å². The summed E-state index contributed by atoms with van der Waals surface area (Å²) in [5.74, 6) is -0.209. The number of carbonyl (C=O) groups is 1. The predicted octanol–water partition coefficient (Wildman–Crippen LogP) is 3.55. The summed E-state index contributed by atoms with van der Waals surface area (Å²) in [4.78, 5) is 12.4. The summed E-state index contributed by atoms with van der Waals surface area (Å²) in [6, 6.07) is 11.8. The number of hydrogen-bond acceptors (Lipinski definition) is 9. The Morgan fingerprint density at radius 3 is 1.46 bits per heavy atom. The third kappa shape index (κ3) is 7.73. The van der Waals surface area contributed by atoms with Crippen LogP contribution in [0.1, 0.15) is 59.8 Å². The summed E-state index contributed by atoms with van der Waals surface area (Å²) < 4.78 is 0. The Hall–Kier alpha value is -5.03. The van der Waals surface area contributed by atoms with Gasteiger partial charge in [-0.15, -0.1) is 0 Å². The Bertz CT molecular complexity index is 1380. The molecule has 0 bridgehead atoms. The molecule has 0 radical (unpaired) electrons. The van der Waals surface area contributed by atoms with Crippen molar-refractivity contribution in [3.05, 3.63) is 44.8 Å². The van der Waals surface area contributed by atoms with Gasteiger partial charge in [-0.05, 0) is 36.5 Å². The zero-order valence-corrected chi connectivity index (χ0v) is 22.7. The van der Waals surface area contributed by atoms with Gasteiger partial charge in [0.2, 0.25) is 5.91 Å². The van der Waals surface area contributed by atoms with Gasteiger partial charge in [-0.2, -0.15) is 31.6 Å². The fourth-order valence-corrected chi connectivity index (χ4v) is 4.91. The molecule has 10 heteroatoms. The average Bonchev–Trinajstić information content (AvgIpc) is 2.87. The second-order valence-electron chi connectivity index (χ2n) is 11.1. The van der Waals surface area contributed by atoms with Crippen LogP contribution in [0.4, 0.5) is 0 Å². The maximum absolute atomic E-state index is 12.4. The number of nitrogens with zero attached hydrogens (tertiary/aromatic N) is 6. The maximum Gasteiger partial charge on any atom is 0.221 e. The number of allylic oxidation sites excluding steroid dienone is 8. The van der Waals surface area contributed by atoms with Crippen molar-refractivity contribution in [3.8, 4) is 36.4 Å². The van der Waals surface area contributed by atoms with Crippen LogP contribution in [-0.2, 0) is 4.79 Å². The Balaban J connectivity index is 2.00. The largest absolute Gasteiger partial charge is 0.387 e. The molecule has 0 spiro atoms. The second kappa shape index (κ2) is 13.0. The first kappa shape index (κ1) is 30.2. The maximum atomic E-state index is 12.4. The van der Waals surface area contributed by atoms with Crippen molar-refractivity contribution < 1.29 is 4.79 Å². The third-order valence-electron chi connectivity index (χ3n) is 6.58. The van der Waals surface area contributed by atoms with Crippen molar-refractivity contribution >= 4 is 5.91 Å². The van der Waals surface area contributed by atoms with Crippen molar-refractivity contribution in [3.63, 3.8) is 0 Å². The molecule has 0 aromatic heterocycles. The Kier molecular flexibility index (Phi) is 10.0. The summed E-state index contributed by atoms with van der Waals surface area (Å²) >= 11 is 0. The van der Waals surface area contributed by atoms with Crippen LogP contribution in [0.2, 0.25) is 0 Å². The average molecular weight is 522 g/mol. The van der Waals surface area contributed by atoms with Crippen LogP contribution in [-0.4, -0.2) is 25.5 Å². The number of rotatable bonds is 8. The minimum atomic E-state index is -0.258. The highest BCUT2D eigenvalue weighted by atomic mass is 16.1. The van der Waals surface area contributed by atoms with E-state index in [0.29, 0.717) is 72.5 Å². The zero-order valence-electron chi connectivity index (χ0n) is 22.7. The highest BCUT2D eigenvalue weighted by Crippen LogP contribution is 2.43. The van der Waals surface area contributed by atoms with E-state index < -0.39 is 0 Å². The van der Waals surface area contributed by atoms with Crippen molar-refractivity contribution in [2.75, 3.05) is 19.6 Å². The molecule has 3 N–H and O–H groups in total. The van der Waals surface area contributed by atoms with Crippen molar-refractivity contribution in [2.24, 2.45) is 10.8 Å².